The summed E-state index contributed by atoms with van der Waals surface area (Å²) in [5.74, 6) is 0.552. The van der Waals surface area contributed by atoms with Crippen LogP contribution in [0.25, 0.3) is 0 Å². The van der Waals surface area contributed by atoms with E-state index in [1.807, 2.05) is 0 Å². The SMILES string of the molecule is COCC(Cl)Cc1cc(OC)ncn1. The number of hydrogen-bond acceptors (Lipinski definition) is 4. The molecule has 0 aromatic carbocycles. The third-order valence-electron chi connectivity index (χ3n) is 1.69. The highest BCUT2D eigenvalue weighted by Crippen LogP contribution is 2.10. The van der Waals surface area contributed by atoms with Crippen molar-refractivity contribution < 1.29 is 9.47 Å². The van der Waals surface area contributed by atoms with Gasteiger partial charge in [0.2, 0.25) is 5.88 Å². The molecule has 0 N–H and O–H groups in total. The predicted molar refractivity (Wildman–Crippen MR) is 53.8 cm³/mol. The third-order valence-corrected chi connectivity index (χ3v) is 1.97. The first-order chi connectivity index (χ1) is 6.76. The standard InChI is InChI=1S/C9H13ClN2O2/c1-13-5-7(10)3-8-4-9(14-2)12-6-11-8/h4,6-7H,3,5H2,1-2H3. The molecule has 0 saturated carbocycles. The summed E-state index contributed by atoms with van der Waals surface area (Å²) in [6.07, 6.45) is 2.11. The van der Waals surface area contributed by atoms with E-state index >= 15 is 0 Å². The second-order valence-electron chi connectivity index (χ2n) is 2.81. The van der Waals surface area contributed by atoms with E-state index in [0.717, 1.165) is 5.69 Å². The highest BCUT2D eigenvalue weighted by molar-refractivity contribution is 6.20. The molecule has 1 aromatic heterocycles. The molecule has 0 spiro atoms. The summed E-state index contributed by atoms with van der Waals surface area (Å²) in [5.41, 5.74) is 0.855. The Morgan fingerprint density at radius 3 is 2.86 bits per heavy atom. The maximum absolute atomic E-state index is 5.98. The number of alkyl halides is 1. The number of aromatic nitrogens is 2. The molecule has 14 heavy (non-hydrogen) atoms. The molecular weight excluding hydrogens is 204 g/mol. The average Bonchev–Trinajstić information content (AvgIpc) is 2.18. The fourth-order valence-corrected chi connectivity index (χ4v) is 1.35. The first-order valence-corrected chi connectivity index (χ1v) is 4.67. The Morgan fingerprint density at radius 2 is 2.21 bits per heavy atom. The fraction of sp³-hybridized carbons (Fsp3) is 0.556. The van der Waals surface area contributed by atoms with Gasteiger partial charge in [-0.3, -0.25) is 0 Å². The molecular formula is C9H13ClN2O2. The zero-order chi connectivity index (χ0) is 10.4. The normalized spacial score (nSPS) is 12.5. The molecule has 0 saturated heterocycles. The van der Waals surface area contributed by atoms with Gasteiger partial charge >= 0.3 is 0 Å². The highest BCUT2D eigenvalue weighted by Gasteiger charge is 2.07. The van der Waals surface area contributed by atoms with E-state index in [1.54, 1.807) is 20.3 Å². The van der Waals surface area contributed by atoms with Crippen LogP contribution in [0.1, 0.15) is 5.69 Å². The lowest BCUT2D eigenvalue weighted by molar-refractivity contribution is 0.197. The van der Waals surface area contributed by atoms with E-state index in [0.29, 0.717) is 18.9 Å². The van der Waals surface area contributed by atoms with Gasteiger partial charge in [0.1, 0.15) is 6.33 Å². The lowest BCUT2D eigenvalue weighted by Crippen LogP contribution is -2.11. The maximum Gasteiger partial charge on any atom is 0.216 e. The molecule has 0 bridgehead atoms. The molecule has 4 nitrogen and oxygen atoms in total. The van der Waals surface area contributed by atoms with Crippen LogP contribution in [0, 0.1) is 0 Å². The van der Waals surface area contributed by atoms with Crippen LogP contribution in [0.4, 0.5) is 0 Å². The Labute approximate surface area is 88.2 Å². The minimum atomic E-state index is -0.0698. The Bertz CT molecular complexity index is 283. The third kappa shape index (κ3) is 3.47. The van der Waals surface area contributed by atoms with Gasteiger partial charge in [-0.25, -0.2) is 9.97 Å². The first kappa shape index (κ1) is 11.2. The molecule has 0 amide bonds. The minimum absolute atomic E-state index is 0.0698. The highest BCUT2D eigenvalue weighted by atomic mass is 35.5. The van der Waals surface area contributed by atoms with Gasteiger partial charge in [-0.05, 0) is 0 Å². The van der Waals surface area contributed by atoms with Crippen molar-refractivity contribution in [3.63, 3.8) is 0 Å². The van der Waals surface area contributed by atoms with E-state index in [9.17, 15) is 0 Å². The van der Waals surface area contributed by atoms with Gasteiger partial charge in [0.15, 0.2) is 0 Å². The van der Waals surface area contributed by atoms with Gasteiger partial charge < -0.3 is 9.47 Å². The zero-order valence-electron chi connectivity index (χ0n) is 8.24. The van der Waals surface area contributed by atoms with Gasteiger partial charge in [0.25, 0.3) is 0 Å². The zero-order valence-corrected chi connectivity index (χ0v) is 8.99. The molecule has 0 fully saturated rings. The molecule has 1 aromatic rings. The van der Waals surface area contributed by atoms with Crippen LogP contribution in [0.15, 0.2) is 12.4 Å². The van der Waals surface area contributed by atoms with Crippen molar-refractivity contribution in [3.05, 3.63) is 18.1 Å². The largest absolute Gasteiger partial charge is 0.481 e. The van der Waals surface area contributed by atoms with Crippen molar-refractivity contribution in [1.29, 1.82) is 0 Å². The number of ether oxygens (including phenoxy) is 2. The van der Waals surface area contributed by atoms with Gasteiger partial charge in [-0.2, -0.15) is 0 Å². The second-order valence-corrected chi connectivity index (χ2v) is 3.43. The molecule has 1 heterocycles. The van der Waals surface area contributed by atoms with Crippen LogP contribution in [0.3, 0.4) is 0 Å². The molecule has 0 aliphatic rings. The van der Waals surface area contributed by atoms with Crippen LogP contribution in [-0.4, -0.2) is 36.2 Å². The first-order valence-electron chi connectivity index (χ1n) is 4.24. The van der Waals surface area contributed by atoms with Crippen molar-refractivity contribution in [2.24, 2.45) is 0 Å². The Kier molecular flexibility index (Phi) is 4.62. The summed E-state index contributed by atoms with van der Waals surface area (Å²) in [5, 5.41) is -0.0698. The quantitative estimate of drug-likeness (QED) is 0.696. The van der Waals surface area contributed by atoms with E-state index in [4.69, 9.17) is 21.1 Å². The topological polar surface area (TPSA) is 44.2 Å². The summed E-state index contributed by atoms with van der Waals surface area (Å²) in [6.45, 7) is 0.508. The summed E-state index contributed by atoms with van der Waals surface area (Å²) >= 11 is 5.98. The summed E-state index contributed by atoms with van der Waals surface area (Å²) in [6, 6.07) is 1.77. The number of rotatable bonds is 5. The monoisotopic (exact) mass is 216 g/mol. The van der Waals surface area contributed by atoms with Crippen molar-refractivity contribution >= 4 is 11.6 Å². The van der Waals surface area contributed by atoms with Crippen LogP contribution < -0.4 is 4.74 Å². The molecule has 0 aliphatic carbocycles. The molecule has 0 radical (unpaired) electrons. The van der Waals surface area contributed by atoms with Crippen LogP contribution in [0.2, 0.25) is 0 Å². The van der Waals surface area contributed by atoms with Crippen LogP contribution in [-0.2, 0) is 11.2 Å². The Hall–Kier alpha value is -0.870. The maximum atomic E-state index is 5.98. The molecule has 0 aliphatic heterocycles. The fourth-order valence-electron chi connectivity index (χ4n) is 1.07. The van der Waals surface area contributed by atoms with Crippen LogP contribution >= 0.6 is 11.6 Å². The average molecular weight is 217 g/mol. The number of hydrogen-bond donors (Lipinski definition) is 0. The molecule has 5 heteroatoms. The second kappa shape index (κ2) is 5.78. The number of halogens is 1. The lowest BCUT2D eigenvalue weighted by Gasteiger charge is -2.07. The van der Waals surface area contributed by atoms with E-state index in [1.165, 1.54) is 6.33 Å². The van der Waals surface area contributed by atoms with Gasteiger partial charge in [-0.15, -0.1) is 11.6 Å². The van der Waals surface area contributed by atoms with Gasteiger partial charge in [-0.1, -0.05) is 0 Å². The molecule has 1 rings (SSSR count). The van der Waals surface area contributed by atoms with Crippen LogP contribution in [0.5, 0.6) is 5.88 Å². The van der Waals surface area contributed by atoms with Crippen molar-refractivity contribution in [2.75, 3.05) is 20.8 Å². The summed E-state index contributed by atoms with van der Waals surface area (Å²) in [7, 11) is 3.19. The lowest BCUT2D eigenvalue weighted by atomic mass is 10.2. The Morgan fingerprint density at radius 1 is 1.43 bits per heavy atom. The van der Waals surface area contributed by atoms with Crippen molar-refractivity contribution in [3.8, 4) is 5.88 Å². The minimum Gasteiger partial charge on any atom is -0.481 e. The van der Waals surface area contributed by atoms with Crippen molar-refractivity contribution in [2.45, 2.75) is 11.8 Å². The number of nitrogens with zero attached hydrogens (tertiary/aromatic N) is 2. The van der Waals surface area contributed by atoms with Gasteiger partial charge in [0.05, 0.1) is 19.1 Å². The Balaban J connectivity index is 2.57. The molecule has 78 valence electrons. The summed E-state index contributed by atoms with van der Waals surface area (Å²) in [4.78, 5) is 7.98. The molecule has 1 atom stereocenters. The molecule has 1 unspecified atom stereocenters. The van der Waals surface area contributed by atoms with Crippen molar-refractivity contribution in [1.82, 2.24) is 9.97 Å². The van der Waals surface area contributed by atoms with E-state index in [2.05, 4.69) is 9.97 Å². The van der Waals surface area contributed by atoms with E-state index < -0.39 is 0 Å². The number of methoxy groups -OCH3 is 2. The smallest absolute Gasteiger partial charge is 0.216 e. The predicted octanol–water partition coefficient (Wildman–Crippen LogP) is 1.28. The van der Waals surface area contributed by atoms with E-state index in [-0.39, 0.29) is 5.38 Å². The van der Waals surface area contributed by atoms with Gasteiger partial charge in [0, 0.05) is 25.3 Å². The summed E-state index contributed by atoms with van der Waals surface area (Å²) < 4.78 is 9.90.